The minimum absolute atomic E-state index is 0.118. The van der Waals surface area contributed by atoms with Gasteiger partial charge in [-0.3, -0.25) is 0 Å². The number of hydrogen-bond acceptors (Lipinski definition) is 0. The minimum atomic E-state index is -4.15. The molecule has 0 nitrogen and oxygen atoms in total. The summed E-state index contributed by atoms with van der Waals surface area (Å²) in [6.07, 6.45) is -5.14. The Balaban J connectivity index is 2.54. The third-order valence-electron chi connectivity index (χ3n) is 1.91. The lowest BCUT2D eigenvalue weighted by Crippen LogP contribution is -2.08. The van der Waals surface area contributed by atoms with Gasteiger partial charge in [0.1, 0.15) is 0 Å². The summed E-state index contributed by atoms with van der Waals surface area (Å²) in [7, 11) is 0. The first kappa shape index (κ1) is 12.7. The maximum Gasteiger partial charge on any atom is 0.389 e. The van der Waals surface area contributed by atoms with Crippen LogP contribution in [0.15, 0.2) is 24.3 Å². The van der Waals surface area contributed by atoms with Gasteiger partial charge in [0.15, 0.2) is 0 Å². The lowest BCUT2D eigenvalue weighted by atomic mass is 10.1. The summed E-state index contributed by atoms with van der Waals surface area (Å²) >= 11 is 11.5. The van der Waals surface area contributed by atoms with Crippen molar-refractivity contribution >= 4 is 23.2 Å². The molecular weight excluding hydrogens is 248 g/mol. The van der Waals surface area contributed by atoms with Crippen LogP contribution in [-0.4, -0.2) is 6.18 Å². The molecule has 0 spiro atoms. The first-order valence-electron chi connectivity index (χ1n) is 4.35. The monoisotopic (exact) mass is 256 g/mol. The quantitative estimate of drug-likeness (QED) is 0.671. The maximum absolute atomic E-state index is 11.9. The van der Waals surface area contributed by atoms with Crippen LogP contribution in [0, 0.1) is 0 Å². The third-order valence-corrected chi connectivity index (χ3v) is 2.64. The maximum atomic E-state index is 11.9. The molecule has 0 bridgehead atoms. The summed E-state index contributed by atoms with van der Waals surface area (Å²) < 4.78 is 35.7. The van der Waals surface area contributed by atoms with Crippen molar-refractivity contribution in [2.45, 2.75) is 24.4 Å². The van der Waals surface area contributed by atoms with E-state index in [1.165, 1.54) is 0 Å². The number of benzene rings is 1. The fourth-order valence-corrected chi connectivity index (χ4v) is 1.51. The van der Waals surface area contributed by atoms with Crippen molar-refractivity contribution in [3.63, 3.8) is 0 Å². The first-order valence-corrected chi connectivity index (χ1v) is 5.16. The summed E-state index contributed by atoms with van der Waals surface area (Å²) in [6.45, 7) is 0. The molecule has 1 aromatic rings. The molecule has 84 valence electrons. The van der Waals surface area contributed by atoms with E-state index in [1.54, 1.807) is 24.3 Å². The second-order valence-electron chi connectivity index (χ2n) is 3.17. The average molecular weight is 257 g/mol. The highest BCUT2D eigenvalue weighted by molar-refractivity contribution is 6.30. The molecule has 0 aliphatic heterocycles. The summed E-state index contributed by atoms with van der Waals surface area (Å²) in [5.74, 6) is 0. The van der Waals surface area contributed by atoms with Gasteiger partial charge in [0.05, 0.1) is 5.38 Å². The van der Waals surface area contributed by atoms with E-state index in [9.17, 15) is 13.2 Å². The van der Waals surface area contributed by atoms with Crippen molar-refractivity contribution in [1.29, 1.82) is 0 Å². The van der Waals surface area contributed by atoms with Crippen molar-refractivity contribution in [2.24, 2.45) is 0 Å². The lowest BCUT2D eigenvalue weighted by molar-refractivity contribution is -0.135. The van der Waals surface area contributed by atoms with Gasteiger partial charge >= 0.3 is 6.18 Å². The largest absolute Gasteiger partial charge is 0.389 e. The molecule has 0 N–H and O–H groups in total. The van der Waals surface area contributed by atoms with E-state index in [-0.39, 0.29) is 6.42 Å². The summed E-state index contributed by atoms with van der Waals surface area (Å²) in [6, 6.07) is 6.49. The van der Waals surface area contributed by atoms with Gasteiger partial charge in [-0.25, -0.2) is 0 Å². The highest BCUT2D eigenvalue weighted by Crippen LogP contribution is 2.31. The van der Waals surface area contributed by atoms with Gasteiger partial charge in [-0.2, -0.15) is 13.2 Å². The predicted molar refractivity (Wildman–Crippen MR) is 55.3 cm³/mol. The van der Waals surface area contributed by atoms with E-state index in [4.69, 9.17) is 23.2 Å². The SMILES string of the molecule is FC(F)(F)CCC(Cl)c1ccc(Cl)cc1. The van der Waals surface area contributed by atoms with Crippen molar-refractivity contribution in [1.82, 2.24) is 0 Å². The van der Waals surface area contributed by atoms with Crippen LogP contribution in [0.25, 0.3) is 0 Å². The Labute approximate surface area is 96.0 Å². The standard InChI is InChI=1S/C10H9Cl2F3/c11-8-3-1-7(2-4-8)9(12)5-6-10(13,14)15/h1-4,9H,5-6H2. The summed E-state index contributed by atoms with van der Waals surface area (Å²) in [5.41, 5.74) is 0.658. The van der Waals surface area contributed by atoms with Gasteiger partial charge in [-0.1, -0.05) is 23.7 Å². The molecular formula is C10H9Cl2F3. The molecule has 15 heavy (non-hydrogen) atoms. The number of alkyl halides is 4. The highest BCUT2D eigenvalue weighted by Gasteiger charge is 2.28. The van der Waals surface area contributed by atoms with Crippen LogP contribution in [0.5, 0.6) is 0 Å². The molecule has 0 fully saturated rings. The van der Waals surface area contributed by atoms with Crippen LogP contribution in [0.3, 0.4) is 0 Å². The summed E-state index contributed by atoms with van der Waals surface area (Å²) in [5, 5.41) is -0.0812. The van der Waals surface area contributed by atoms with Crippen molar-refractivity contribution in [2.75, 3.05) is 0 Å². The Morgan fingerprint density at radius 2 is 1.67 bits per heavy atom. The van der Waals surface area contributed by atoms with Crippen LogP contribution < -0.4 is 0 Å². The molecule has 1 aromatic carbocycles. The molecule has 5 heteroatoms. The molecule has 0 aliphatic rings. The Kier molecular flexibility index (Phi) is 4.29. The Bertz CT molecular complexity index is 305. The van der Waals surface area contributed by atoms with E-state index < -0.39 is 18.0 Å². The van der Waals surface area contributed by atoms with E-state index in [0.29, 0.717) is 10.6 Å². The van der Waals surface area contributed by atoms with Gasteiger partial charge < -0.3 is 0 Å². The Morgan fingerprint density at radius 3 is 2.13 bits per heavy atom. The zero-order chi connectivity index (χ0) is 11.5. The normalized spacial score (nSPS) is 13.9. The molecule has 1 atom stereocenters. The van der Waals surface area contributed by atoms with Gasteiger partial charge in [0, 0.05) is 11.4 Å². The third kappa shape index (κ3) is 4.76. The number of hydrogen-bond donors (Lipinski definition) is 0. The second kappa shape index (κ2) is 5.08. The molecule has 0 saturated carbocycles. The van der Waals surface area contributed by atoms with Gasteiger partial charge in [0.25, 0.3) is 0 Å². The van der Waals surface area contributed by atoms with E-state index in [1.807, 2.05) is 0 Å². The van der Waals surface area contributed by atoms with Crippen LogP contribution in [0.1, 0.15) is 23.8 Å². The fourth-order valence-electron chi connectivity index (χ4n) is 1.13. The molecule has 0 radical (unpaired) electrons. The van der Waals surface area contributed by atoms with Gasteiger partial charge in [-0.05, 0) is 24.1 Å². The average Bonchev–Trinajstić information content (AvgIpc) is 2.14. The number of halogens is 5. The predicted octanol–water partition coefficient (Wildman–Crippen LogP) is 4.96. The second-order valence-corrected chi connectivity index (χ2v) is 4.14. The molecule has 0 heterocycles. The summed E-state index contributed by atoms with van der Waals surface area (Å²) in [4.78, 5) is 0. The van der Waals surface area contributed by atoms with Crippen LogP contribution >= 0.6 is 23.2 Å². The molecule has 1 unspecified atom stereocenters. The fraction of sp³-hybridized carbons (Fsp3) is 0.400. The zero-order valence-corrected chi connectivity index (χ0v) is 9.20. The molecule has 1 rings (SSSR count). The molecule has 0 amide bonds. The Hall–Kier alpha value is -0.410. The van der Waals surface area contributed by atoms with Gasteiger partial charge in [0.2, 0.25) is 0 Å². The van der Waals surface area contributed by atoms with Crippen molar-refractivity contribution in [3.05, 3.63) is 34.9 Å². The lowest BCUT2D eigenvalue weighted by Gasteiger charge is -2.11. The smallest absolute Gasteiger partial charge is 0.171 e. The van der Waals surface area contributed by atoms with E-state index in [0.717, 1.165) is 0 Å². The van der Waals surface area contributed by atoms with Gasteiger partial charge in [-0.15, -0.1) is 11.6 Å². The Morgan fingerprint density at radius 1 is 1.13 bits per heavy atom. The highest BCUT2D eigenvalue weighted by atomic mass is 35.5. The van der Waals surface area contributed by atoms with E-state index in [2.05, 4.69) is 0 Å². The van der Waals surface area contributed by atoms with Crippen molar-refractivity contribution in [3.8, 4) is 0 Å². The molecule has 0 saturated heterocycles. The van der Waals surface area contributed by atoms with Crippen molar-refractivity contribution < 1.29 is 13.2 Å². The molecule has 0 aliphatic carbocycles. The van der Waals surface area contributed by atoms with E-state index >= 15 is 0 Å². The number of rotatable bonds is 3. The zero-order valence-electron chi connectivity index (χ0n) is 7.69. The topological polar surface area (TPSA) is 0 Å². The first-order chi connectivity index (χ1) is 6.88. The molecule has 0 aromatic heterocycles. The van der Waals surface area contributed by atoms with Crippen LogP contribution in [0.4, 0.5) is 13.2 Å². The minimum Gasteiger partial charge on any atom is -0.171 e. The van der Waals surface area contributed by atoms with Crippen LogP contribution in [0.2, 0.25) is 5.02 Å². The van der Waals surface area contributed by atoms with Crippen LogP contribution in [-0.2, 0) is 0 Å².